The molecule has 0 saturated heterocycles. The molecule has 56 heavy (non-hydrogen) atoms. The zero-order valence-electron chi connectivity index (χ0n) is 30.6. The summed E-state index contributed by atoms with van der Waals surface area (Å²) in [5.74, 6) is 0. The molecule has 9 aromatic rings. The maximum absolute atomic E-state index is 2.48. The van der Waals surface area contributed by atoms with Crippen molar-refractivity contribution in [3.8, 4) is 11.1 Å². The van der Waals surface area contributed by atoms with Crippen LogP contribution in [0.3, 0.4) is 0 Å². The molecule has 0 aromatic heterocycles. The third-order valence-corrected chi connectivity index (χ3v) is 12.7. The van der Waals surface area contributed by atoms with E-state index in [4.69, 9.17) is 0 Å². The summed E-state index contributed by atoms with van der Waals surface area (Å²) >= 11 is 1.91. The second kappa shape index (κ2) is 13.2. The van der Waals surface area contributed by atoms with Crippen molar-refractivity contribution < 1.29 is 0 Å². The van der Waals surface area contributed by atoms with Crippen LogP contribution in [-0.4, -0.2) is 0 Å². The average Bonchev–Trinajstić information content (AvgIpc) is 3.57. The monoisotopic (exact) mass is 732 g/mol. The first-order valence-corrected chi connectivity index (χ1v) is 20.0. The van der Waals surface area contributed by atoms with Crippen molar-refractivity contribution in [2.75, 3.05) is 9.80 Å². The lowest BCUT2D eigenvalue weighted by molar-refractivity contribution is 0.726. The first kappa shape index (κ1) is 32.6. The Labute approximate surface area is 332 Å². The number of fused-ring (bicyclic) bond motifs is 11. The van der Waals surface area contributed by atoms with Gasteiger partial charge >= 0.3 is 0 Å². The van der Waals surface area contributed by atoms with Gasteiger partial charge in [-0.25, -0.2) is 0 Å². The zero-order valence-corrected chi connectivity index (χ0v) is 31.4. The average molecular weight is 733 g/mol. The predicted octanol–water partition coefficient (Wildman–Crippen LogP) is 14.6. The molecule has 1 atom stereocenters. The summed E-state index contributed by atoms with van der Waals surface area (Å²) in [6.07, 6.45) is 0. The van der Waals surface area contributed by atoms with Crippen LogP contribution in [0.15, 0.2) is 228 Å². The number of hydrogen-bond acceptors (Lipinski definition) is 3. The summed E-state index contributed by atoms with van der Waals surface area (Å²) in [5, 5.41) is 2.55. The molecule has 11 rings (SSSR count). The molecule has 9 aromatic carbocycles. The summed E-state index contributed by atoms with van der Waals surface area (Å²) in [5.41, 5.74) is 14.0. The van der Waals surface area contributed by atoms with Crippen molar-refractivity contribution in [3.63, 3.8) is 0 Å². The summed E-state index contributed by atoms with van der Waals surface area (Å²) in [6, 6.07) is 79.9. The lowest BCUT2D eigenvalue weighted by Crippen LogP contribution is -2.32. The highest BCUT2D eigenvalue weighted by Gasteiger charge is 2.51. The maximum Gasteiger partial charge on any atom is 0.0737 e. The quantitative estimate of drug-likeness (QED) is 0.168. The van der Waals surface area contributed by atoms with Crippen molar-refractivity contribution in [2.24, 2.45) is 0 Å². The summed E-state index contributed by atoms with van der Waals surface area (Å²) in [7, 11) is 0. The smallest absolute Gasteiger partial charge is 0.0737 e. The lowest BCUT2D eigenvalue weighted by Gasteiger charge is -2.41. The van der Waals surface area contributed by atoms with Gasteiger partial charge in [0.05, 0.1) is 11.1 Å². The van der Waals surface area contributed by atoms with Crippen molar-refractivity contribution in [1.82, 2.24) is 0 Å². The molecule has 2 nitrogen and oxygen atoms in total. The van der Waals surface area contributed by atoms with Crippen molar-refractivity contribution in [3.05, 3.63) is 241 Å². The van der Waals surface area contributed by atoms with Gasteiger partial charge in [-0.05, 0) is 111 Å². The minimum atomic E-state index is -0.587. The zero-order chi connectivity index (χ0) is 37.1. The molecule has 0 fully saturated rings. The van der Waals surface area contributed by atoms with Gasteiger partial charge in [-0.2, -0.15) is 0 Å². The molecule has 1 aliphatic carbocycles. The lowest BCUT2D eigenvalue weighted by atomic mass is 9.67. The molecule has 2 aliphatic rings. The molecule has 0 radical (unpaired) electrons. The van der Waals surface area contributed by atoms with Gasteiger partial charge in [0.25, 0.3) is 0 Å². The normalized spacial score (nSPS) is 14.8. The van der Waals surface area contributed by atoms with Crippen molar-refractivity contribution >= 4 is 56.7 Å². The van der Waals surface area contributed by atoms with E-state index in [1.165, 1.54) is 53.9 Å². The molecule has 1 unspecified atom stereocenters. The Morgan fingerprint density at radius 1 is 0.357 bits per heavy atom. The largest absolute Gasteiger partial charge is 0.310 e. The molecule has 1 spiro atoms. The fourth-order valence-electron chi connectivity index (χ4n) is 9.20. The fourth-order valence-corrected chi connectivity index (χ4v) is 10.5. The number of rotatable bonds is 6. The molecule has 0 amide bonds. The van der Waals surface area contributed by atoms with Crippen molar-refractivity contribution in [1.29, 1.82) is 0 Å². The Morgan fingerprint density at radius 3 is 1.57 bits per heavy atom. The number of para-hydroxylation sites is 4. The van der Waals surface area contributed by atoms with Gasteiger partial charge in [0.1, 0.15) is 0 Å². The highest BCUT2D eigenvalue weighted by Crippen LogP contribution is 2.65. The van der Waals surface area contributed by atoms with Gasteiger partial charge in [-0.15, -0.1) is 0 Å². The van der Waals surface area contributed by atoms with Gasteiger partial charge in [0, 0.05) is 43.8 Å². The Morgan fingerprint density at radius 2 is 0.911 bits per heavy atom. The SMILES string of the molecule is c1ccc(N(c2ccccc2)c2ccc3c(c2)C2(c4ccccc4-c4c(N(c5ccccc5)c5ccccc5)cccc42)c2ccc4ccccc4c2S3)cc1. The van der Waals surface area contributed by atoms with Crippen molar-refractivity contribution in [2.45, 2.75) is 15.2 Å². The molecule has 1 heterocycles. The van der Waals surface area contributed by atoms with Crippen LogP contribution < -0.4 is 9.80 Å². The Kier molecular flexibility index (Phi) is 7.68. The highest BCUT2D eigenvalue weighted by molar-refractivity contribution is 7.99. The van der Waals surface area contributed by atoms with Gasteiger partial charge < -0.3 is 9.80 Å². The van der Waals surface area contributed by atoms with E-state index >= 15 is 0 Å². The third-order valence-electron chi connectivity index (χ3n) is 11.5. The summed E-state index contributed by atoms with van der Waals surface area (Å²) in [4.78, 5) is 7.41. The minimum absolute atomic E-state index is 0.587. The predicted molar refractivity (Wildman–Crippen MR) is 235 cm³/mol. The van der Waals surface area contributed by atoms with Crippen LogP contribution in [0.2, 0.25) is 0 Å². The summed E-state index contributed by atoms with van der Waals surface area (Å²) < 4.78 is 0. The van der Waals surface area contributed by atoms with Crippen LogP contribution in [0, 0.1) is 0 Å². The van der Waals surface area contributed by atoms with Crippen LogP contribution >= 0.6 is 11.8 Å². The molecular weight excluding hydrogens is 697 g/mol. The molecule has 0 saturated carbocycles. The van der Waals surface area contributed by atoms with E-state index in [0.29, 0.717) is 0 Å². The van der Waals surface area contributed by atoms with Gasteiger partial charge in [0.2, 0.25) is 0 Å². The van der Waals surface area contributed by atoms with Gasteiger partial charge in [-0.1, -0.05) is 157 Å². The minimum Gasteiger partial charge on any atom is -0.310 e. The van der Waals surface area contributed by atoms with E-state index in [9.17, 15) is 0 Å². The molecule has 264 valence electrons. The summed E-state index contributed by atoms with van der Waals surface area (Å²) in [6.45, 7) is 0. The first-order valence-electron chi connectivity index (χ1n) is 19.2. The van der Waals surface area contributed by atoms with E-state index in [1.54, 1.807) is 0 Å². The van der Waals surface area contributed by atoms with Crippen LogP contribution in [0.5, 0.6) is 0 Å². The Hall–Kier alpha value is -6.81. The van der Waals surface area contributed by atoms with E-state index in [0.717, 1.165) is 34.1 Å². The molecule has 3 heteroatoms. The van der Waals surface area contributed by atoms with E-state index in [2.05, 4.69) is 228 Å². The fraction of sp³-hybridized carbons (Fsp3) is 0.0189. The van der Waals surface area contributed by atoms with E-state index in [-0.39, 0.29) is 0 Å². The van der Waals surface area contributed by atoms with Crippen LogP contribution in [-0.2, 0) is 5.41 Å². The number of benzene rings is 9. The Bertz CT molecular complexity index is 2810. The van der Waals surface area contributed by atoms with Crippen LogP contribution in [0.25, 0.3) is 21.9 Å². The van der Waals surface area contributed by atoms with E-state index in [1.807, 2.05) is 11.8 Å². The first-order chi connectivity index (χ1) is 27.8. The highest BCUT2D eigenvalue weighted by atomic mass is 32.2. The number of nitrogens with zero attached hydrogens (tertiary/aromatic N) is 2. The maximum atomic E-state index is 2.48. The Balaban J connectivity index is 1.25. The molecule has 0 bridgehead atoms. The third kappa shape index (κ3) is 4.91. The van der Waals surface area contributed by atoms with Crippen LogP contribution in [0.1, 0.15) is 22.3 Å². The molecule has 0 N–H and O–H groups in total. The number of anilines is 6. The second-order valence-corrected chi connectivity index (χ2v) is 15.5. The second-order valence-electron chi connectivity index (χ2n) is 14.5. The van der Waals surface area contributed by atoms with E-state index < -0.39 is 5.41 Å². The van der Waals surface area contributed by atoms with Gasteiger partial charge in [-0.3, -0.25) is 0 Å². The number of hydrogen-bond donors (Lipinski definition) is 0. The standard InChI is InChI=1S/C53H36N2S/c1-5-19-38(20-6-1)54(39-21-7-2-8-22-39)42-33-35-50-48(36-42)53(47-34-32-37-18-13-14-27-43(37)52(47)56-50)45-29-16-15-28-44(45)51-46(53)30-17-31-49(51)55(40-23-9-3-10-24-40)41-25-11-4-12-26-41/h1-36H. The molecule has 1 aliphatic heterocycles. The molecular formula is C53H36N2S. The van der Waals surface area contributed by atoms with Crippen LogP contribution in [0.4, 0.5) is 34.1 Å². The van der Waals surface area contributed by atoms with Gasteiger partial charge in [0.15, 0.2) is 0 Å². The topological polar surface area (TPSA) is 6.48 Å².